The van der Waals surface area contributed by atoms with Gasteiger partial charge >= 0.3 is 0 Å². The topological polar surface area (TPSA) is 54.4 Å². The van der Waals surface area contributed by atoms with Crippen molar-refractivity contribution in [1.29, 1.82) is 0 Å². The second-order valence-corrected chi connectivity index (χ2v) is 5.41. The van der Waals surface area contributed by atoms with Crippen LogP contribution < -0.4 is 10.1 Å². The molecule has 4 nitrogen and oxygen atoms in total. The molecule has 0 aliphatic rings. The average Bonchev–Trinajstić information content (AvgIpc) is 2.98. The highest BCUT2D eigenvalue weighted by Gasteiger charge is 2.11. The summed E-state index contributed by atoms with van der Waals surface area (Å²) in [6, 6.07) is 11.0. The fourth-order valence-electron chi connectivity index (χ4n) is 2.00. The molecule has 1 heterocycles. The quantitative estimate of drug-likeness (QED) is 0.700. The first-order valence-electron chi connectivity index (χ1n) is 6.51. The van der Waals surface area contributed by atoms with Crippen LogP contribution in [0.5, 0.6) is 11.5 Å². The smallest absolute Gasteiger partial charge is 0.187 e. The van der Waals surface area contributed by atoms with Crippen LogP contribution >= 0.6 is 11.3 Å². The summed E-state index contributed by atoms with van der Waals surface area (Å²) < 4.78 is 18.7. The molecule has 2 N–H and O–H groups in total. The van der Waals surface area contributed by atoms with Gasteiger partial charge in [0.2, 0.25) is 0 Å². The predicted molar refractivity (Wildman–Crippen MR) is 85.4 cm³/mol. The highest BCUT2D eigenvalue weighted by molar-refractivity contribution is 7.14. The first kappa shape index (κ1) is 14.3. The third-order valence-electron chi connectivity index (χ3n) is 3.06. The maximum atomic E-state index is 13.4. The van der Waals surface area contributed by atoms with Crippen molar-refractivity contribution in [3.63, 3.8) is 0 Å². The summed E-state index contributed by atoms with van der Waals surface area (Å²) in [5.74, 6) is 0.439. The van der Waals surface area contributed by atoms with Gasteiger partial charge in [-0.1, -0.05) is 0 Å². The van der Waals surface area contributed by atoms with Gasteiger partial charge in [-0.15, -0.1) is 11.3 Å². The van der Waals surface area contributed by atoms with Gasteiger partial charge < -0.3 is 15.2 Å². The van der Waals surface area contributed by atoms with Crippen LogP contribution in [0.25, 0.3) is 11.3 Å². The minimum absolute atomic E-state index is 0.204. The molecule has 0 saturated heterocycles. The summed E-state index contributed by atoms with van der Waals surface area (Å²) in [7, 11) is 1.54. The standard InChI is InChI=1S/C16H13FN2O2S/c1-21-15-7-2-10(17)8-13(15)14-9-22-16(19-14)18-11-3-5-12(20)6-4-11/h2-9,20H,1H3,(H,18,19). The molecule has 0 aliphatic carbocycles. The Hall–Kier alpha value is -2.60. The monoisotopic (exact) mass is 316 g/mol. The maximum absolute atomic E-state index is 13.4. The molecule has 0 spiro atoms. The number of ether oxygens (including phenoxy) is 1. The van der Waals surface area contributed by atoms with E-state index in [0.717, 1.165) is 5.69 Å². The molecule has 0 bridgehead atoms. The van der Waals surface area contributed by atoms with Crippen LogP contribution in [0.4, 0.5) is 15.2 Å². The van der Waals surface area contributed by atoms with E-state index in [1.807, 2.05) is 5.38 Å². The van der Waals surface area contributed by atoms with Gasteiger partial charge in [-0.2, -0.15) is 0 Å². The highest BCUT2D eigenvalue weighted by Crippen LogP contribution is 2.33. The van der Waals surface area contributed by atoms with E-state index < -0.39 is 0 Å². The molecule has 0 amide bonds. The number of hydrogen-bond acceptors (Lipinski definition) is 5. The number of nitrogens with one attached hydrogen (secondary N) is 1. The minimum Gasteiger partial charge on any atom is -0.508 e. The Balaban J connectivity index is 1.87. The van der Waals surface area contributed by atoms with E-state index in [9.17, 15) is 9.50 Å². The van der Waals surface area contributed by atoms with Crippen LogP contribution in [0.2, 0.25) is 0 Å². The van der Waals surface area contributed by atoms with Gasteiger partial charge in [0.05, 0.1) is 12.8 Å². The Labute approximate surface area is 130 Å². The van der Waals surface area contributed by atoms with E-state index >= 15 is 0 Å². The number of aromatic nitrogens is 1. The van der Waals surface area contributed by atoms with Crippen molar-refractivity contribution in [2.24, 2.45) is 0 Å². The van der Waals surface area contributed by atoms with E-state index in [2.05, 4.69) is 10.3 Å². The number of halogens is 1. The molecule has 2 aromatic carbocycles. The number of aromatic hydroxyl groups is 1. The molecule has 3 aromatic rings. The Morgan fingerprint density at radius 3 is 2.68 bits per heavy atom. The number of hydrogen-bond donors (Lipinski definition) is 2. The van der Waals surface area contributed by atoms with Gasteiger partial charge in [-0.3, -0.25) is 0 Å². The normalized spacial score (nSPS) is 10.5. The number of rotatable bonds is 4. The van der Waals surface area contributed by atoms with Gasteiger partial charge in [0, 0.05) is 16.6 Å². The molecule has 6 heteroatoms. The van der Waals surface area contributed by atoms with E-state index in [4.69, 9.17) is 4.74 Å². The summed E-state index contributed by atoms with van der Waals surface area (Å²) in [4.78, 5) is 4.45. The zero-order valence-corrected chi connectivity index (χ0v) is 12.5. The highest BCUT2D eigenvalue weighted by atomic mass is 32.1. The predicted octanol–water partition coefficient (Wildman–Crippen LogP) is 4.41. The Kier molecular flexibility index (Phi) is 3.93. The number of anilines is 2. The number of nitrogens with zero attached hydrogens (tertiary/aromatic N) is 1. The van der Waals surface area contributed by atoms with Crippen LogP contribution in [0, 0.1) is 5.82 Å². The largest absolute Gasteiger partial charge is 0.508 e. The van der Waals surface area contributed by atoms with E-state index in [1.165, 1.54) is 23.5 Å². The third kappa shape index (κ3) is 3.01. The zero-order chi connectivity index (χ0) is 15.5. The Bertz CT molecular complexity index is 787. The molecule has 0 saturated carbocycles. The second kappa shape index (κ2) is 6.03. The van der Waals surface area contributed by atoms with Crippen molar-refractivity contribution in [1.82, 2.24) is 4.98 Å². The van der Waals surface area contributed by atoms with Gasteiger partial charge in [0.1, 0.15) is 17.3 Å². The van der Waals surface area contributed by atoms with Crippen LogP contribution in [0.3, 0.4) is 0 Å². The van der Waals surface area contributed by atoms with Crippen molar-refractivity contribution in [3.05, 3.63) is 53.7 Å². The SMILES string of the molecule is COc1ccc(F)cc1-c1csc(Nc2ccc(O)cc2)n1. The zero-order valence-electron chi connectivity index (χ0n) is 11.7. The van der Waals surface area contributed by atoms with Crippen LogP contribution in [0.1, 0.15) is 0 Å². The van der Waals surface area contributed by atoms with E-state index in [-0.39, 0.29) is 11.6 Å². The van der Waals surface area contributed by atoms with Gasteiger partial charge in [-0.25, -0.2) is 9.37 Å². The van der Waals surface area contributed by atoms with Gasteiger partial charge in [0.15, 0.2) is 5.13 Å². The molecule has 0 fully saturated rings. The van der Waals surface area contributed by atoms with Crippen LogP contribution in [-0.4, -0.2) is 17.2 Å². The molecular weight excluding hydrogens is 303 g/mol. The van der Waals surface area contributed by atoms with E-state index in [0.29, 0.717) is 22.1 Å². The second-order valence-electron chi connectivity index (χ2n) is 4.55. The van der Waals surface area contributed by atoms with Crippen molar-refractivity contribution >= 4 is 22.2 Å². The molecule has 3 rings (SSSR count). The van der Waals surface area contributed by atoms with Crippen molar-refractivity contribution in [2.75, 3.05) is 12.4 Å². The number of methoxy groups -OCH3 is 1. The average molecular weight is 316 g/mol. The summed E-state index contributed by atoms with van der Waals surface area (Å²) >= 11 is 1.41. The number of phenolic OH excluding ortho intramolecular Hbond substituents is 1. The lowest BCUT2D eigenvalue weighted by atomic mass is 10.1. The minimum atomic E-state index is -0.336. The molecule has 0 unspecified atom stereocenters. The van der Waals surface area contributed by atoms with Crippen LogP contribution in [0.15, 0.2) is 47.8 Å². The van der Waals surface area contributed by atoms with Crippen molar-refractivity contribution in [3.8, 4) is 22.8 Å². The third-order valence-corrected chi connectivity index (χ3v) is 3.82. The van der Waals surface area contributed by atoms with Gasteiger partial charge in [-0.05, 0) is 42.5 Å². The fraction of sp³-hybridized carbons (Fsp3) is 0.0625. The fourth-order valence-corrected chi connectivity index (χ4v) is 2.73. The molecule has 22 heavy (non-hydrogen) atoms. The Morgan fingerprint density at radius 1 is 1.18 bits per heavy atom. The number of thiazole rings is 1. The molecular formula is C16H13FN2O2S. The first-order valence-corrected chi connectivity index (χ1v) is 7.39. The van der Waals surface area contributed by atoms with Crippen molar-refractivity contribution in [2.45, 2.75) is 0 Å². The summed E-state index contributed by atoms with van der Waals surface area (Å²) in [6.07, 6.45) is 0. The lowest BCUT2D eigenvalue weighted by molar-refractivity contribution is 0.415. The summed E-state index contributed by atoms with van der Waals surface area (Å²) in [5, 5.41) is 14.9. The maximum Gasteiger partial charge on any atom is 0.187 e. The van der Waals surface area contributed by atoms with Gasteiger partial charge in [0.25, 0.3) is 0 Å². The summed E-state index contributed by atoms with van der Waals surface area (Å²) in [5.41, 5.74) is 2.06. The van der Waals surface area contributed by atoms with Crippen molar-refractivity contribution < 1.29 is 14.2 Å². The number of benzene rings is 2. The first-order chi connectivity index (χ1) is 10.7. The van der Waals surface area contributed by atoms with E-state index in [1.54, 1.807) is 37.4 Å². The number of phenols is 1. The molecule has 0 aliphatic heterocycles. The summed E-state index contributed by atoms with van der Waals surface area (Å²) in [6.45, 7) is 0. The molecule has 0 atom stereocenters. The van der Waals surface area contributed by atoms with Crippen LogP contribution in [-0.2, 0) is 0 Å². The molecule has 1 aromatic heterocycles. The lowest BCUT2D eigenvalue weighted by Gasteiger charge is -2.06. The Morgan fingerprint density at radius 2 is 1.95 bits per heavy atom. The lowest BCUT2D eigenvalue weighted by Crippen LogP contribution is -1.91. The molecule has 0 radical (unpaired) electrons. The molecule has 112 valence electrons.